The van der Waals surface area contributed by atoms with Gasteiger partial charge in [0.15, 0.2) is 11.4 Å². The van der Waals surface area contributed by atoms with Gasteiger partial charge in [-0.1, -0.05) is 36.4 Å². The van der Waals surface area contributed by atoms with Crippen LogP contribution < -0.4 is 0 Å². The molecule has 0 amide bonds. The zero-order valence-electron chi connectivity index (χ0n) is 8.87. The number of esters is 1. The van der Waals surface area contributed by atoms with Crippen molar-refractivity contribution in [3.8, 4) is 0 Å². The number of hydrogen-bond donors (Lipinski definition) is 0. The van der Waals surface area contributed by atoms with Crippen molar-refractivity contribution >= 4 is 40.1 Å². The van der Waals surface area contributed by atoms with E-state index in [0.717, 1.165) is 0 Å². The van der Waals surface area contributed by atoms with Gasteiger partial charge < -0.3 is 4.74 Å². The van der Waals surface area contributed by atoms with E-state index in [1.807, 2.05) is 13.8 Å². The molecule has 0 aromatic rings. The second-order valence-electron chi connectivity index (χ2n) is 4.31. The standard InChI is InChI=1S/C10H13IO4/c1-5(2)4-10(3)8(13)6(11)7(12)9(14)15-10/h5-6H,4H2,1-3H3. The van der Waals surface area contributed by atoms with Crippen LogP contribution in [-0.2, 0) is 19.1 Å². The smallest absolute Gasteiger partial charge is 0.377 e. The molecule has 1 aliphatic heterocycles. The lowest BCUT2D eigenvalue weighted by molar-refractivity contribution is -0.176. The van der Waals surface area contributed by atoms with E-state index in [1.54, 1.807) is 29.5 Å². The number of alkyl halides is 1. The number of halogens is 1. The average Bonchev–Trinajstić information content (AvgIpc) is 2.10. The van der Waals surface area contributed by atoms with Crippen LogP contribution >= 0.6 is 22.6 Å². The van der Waals surface area contributed by atoms with Crippen LogP contribution in [0, 0.1) is 5.92 Å². The van der Waals surface area contributed by atoms with Gasteiger partial charge in [0.2, 0.25) is 0 Å². The average molecular weight is 324 g/mol. The van der Waals surface area contributed by atoms with E-state index < -0.39 is 21.3 Å². The summed E-state index contributed by atoms with van der Waals surface area (Å²) in [5, 5.41) is 0. The predicted molar refractivity (Wildman–Crippen MR) is 61.8 cm³/mol. The Labute approximate surface area is 102 Å². The minimum Gasteiger partial charge on any atom is -0.446 e. The predicted octanol–water partition coefficient (Wildman–Crippen LogP) is 1.29. The summed E-state index contributed by atoms with van der Waals surface area (Å²) >= 11 is 1.70. The maximum atomic E-state index is 11.8. The third-order valence-electron chi connectivity index (χ3n) is 2.30. The highest BCUT2D eigenvalue weighted by molar-refractivity contribution is 14.1. The Morgan fingerprint density at radius 2 is 1.93 bits per heavy atom. The molecule has 0 aliphatic carbocycles. The molecule has 0 spiro atoms. The van der Waals surface area contributed by atoms with Crippen LogP contribution in [0.3, 0.4) is 0 Å². The first-order chi connectivity index (χ1) is 6.78. The maximum Gasteiger partial charge on any atom is 0.377 e. The monoisotopic (exact) mass is 324 g/mol. The Bertz CT molecular complexity index is 323. The lowest BCUT2D eigenvalue weighted by Gasteiger charge is -2.34. The minimum absolute atomic E-state index is 0.226. The highest BCUT2D eigenvalue weighted by Crippen LogP contribution is 2.30. The van der Waals surface area contributed by atoms with Crippen molar-refractivity contribution in [2.45, 2.75) is 36.7 Å². The first-order valence-corrected chi connectivity index (χ1v) is 5.98. The van der Waals surface area contributed by atoms with Crippen molar-refractivity contribution in [3.05, 3.63) is 0 Å². The highest BCUT2D eigenvalue weighted by Gasteiger charge is 2.50. The van der Waals surface area contributed by atoms with Crippen LogP contribution in [0.2, 0.25) is 0 Å². The Morgan fingerprint density at radius 1 is 1.40 bits per heavy atom. The molecule has 15 heavy (non-hydrogen) atoms. The van der Waals surface area contributed by atoms with Crippen molar-refractivity contribution in [2.24, 2.45) is 5.92 Å². The normalized spacial score (nSPS) is 32.1. The molecule has 4 nitrogen and oxygen atoms in total. The Hall–Kier alpha value is -0.460. The van der Waals surface area contributed by atoms with Gasteiger partial charge >= 0.3 is 5.97 Å². The molecule has 1 saturated heterocycles. The number of Topliss-reactive ketones (excluding diaryl/α,β-unsaturated/α-hetero) is 2. The van der Waals surface area contributed by atoms with E-state index in [0.29, 0.717) is 6.42 Å². The third kappa shape index (κ3) is 2.38. The van der Waals surface area contributed by atoms with Gasteiger partial charge in [0.1, 0.15) is 3.92 Å². The molecule has 5 heteroatoms. The molecule has 0 aromatic heterocycles. The van der Waals surface area contributed by atoms with E-state index >= 15 is 0 Å². The van der Waals surface area contributed by atoms with E-state index in [-0.39, 0.29) is 11.7 Å². The third-order valence-corrected chi connectivity index (χ3v) is 3.43. The molecule has 0 aromatic carbocycles. The highest BCUT2D eigenvalue weighted by atomic mass is 127. The lowest BCUT2D eigenvalue weighted by Crippen LogP contribution is -2.55. The largest absolute Gasteiger partial charge is 0.446 e. The SMILES string of the molecule is CC(C)CC1(C)OC(=O)C(=O)C(I)C1=O. The van der Waals surface area contributed by atoms with Gasteiger partial charge in [-0.15, -0.1) is 0 Å². The molecule has 1 fully saturated rings. The zero-order valence-corrected chi connectivity index (χ0v) is 11.0. The molecular formula is C10H13IO4. The Balaban J connectivity index is 2.96. The van der Waals surface area contributed by atoms with Crippen LogP contribution in [0.25, 0.3) is 0 Å². The fourth-order valence-electron chi connectivity index (χ4n) is 1.72. The van der Waals surface area contributed by atoms with Gasteiger partial charge in [-0.25, -0.2) is 4.79 Å². The lowest BCUT2D eigenvalue weighted by atomic mass is 9.86. The molecule has 0 saturated carbocycles. The summed E-state index contributed by atoms with van der Waals surface area (Å²) < 4.78 is 4.04. The Kier molecular flexibility index (Phi) is 3.52. The minimum atomic E-state index is -1.13. The number of ether oxygens (including phenoxy) is 1. The molecule has 2 unspecified atom stereocenters. The van der Waals surface area contributed by atoms with Crippen LogP contribution in [-0.4, -0.2) is 27.1 Å². The second-order valence-corrected chi connectivity index (χ2v) is 5.56. The van der Waals surface area contributed by atoms with E-state index in [2.05, 4.69) is 0 Å². The molecule has 0 radical (unpaired) electrons. The summed E-state index contributed by atoms with van der Waals surface area (Å²) in [6, 6.07) is 0. The van der Waals surface area contributed by atoms with E-state index in [4.69, 9.17) is 4.74 Å². The number of hydrogen-bond acceptors (Lipinski definition) is 4. The molecule has 0 bridgehead atoms. The summed E-state index contributed by atoms with van der Waals surface area (Å²) in [5.41, 5.74) is -1.13. The van der Waals surface area contributed by atoms with E-state index in [1.165, 1.54) is 0 Å². The summed E-state index contributed by atoms with van der Waals surface area (Å²) in [7, 11) is 0. The van der Waals surface area contributed by atoms with Gasteiger partial charge in [0.05, 0.1) is 0 Å². The molecular weight excluding hydrogens is 311 g/mol. The first-order valence-electron chi connectivity index (χ1n) is 4.73. The topological polar surface area (TPSA) is 60.4 Å². The van der Waals surface area contributed by atoms with Gasteiger partial charge in [-0.3, -0.25) is 9.59 Å². The van der Waals surface area contributed by atoms with Crippen LogP contribution in [0.1, 0.15) is 27.2 Å². The molecule has 1 rings (SSSR count). The summed E-state index contributed by atoms with van der Waals surface area (Å²) in [4.78, 5) is 34.3. The molecule has 1 heterocycles. The van der Waals surface area contributed by atoms with Gasteiger partial charge in [0.25, 0.3) is 5.78 Å². The van der Waals surface area contributed by atoms with E-state index in [9.17, 15) is 14.4 Å². The number of carbonyl (C=O) groups is 3. The Morgan fingerprint density at radius 3 is 2.40 bits per heavy atom. The van der Waals surface area contributed by atoms with Gasteiger partial charge in [-0.2, -0.15) is 0 Å². The van der Waals surface area contributed by atoms with Crippen molar-refractivity contribution in [1.29, 1.82) is 0 Å². The van der Waals surface area contributed by atoms with Crippen LogP contribution in [0.5, 0.6) is 0 Å². The second kappa shape index (κ2) is 4.19. The fourth-order valence-corrected chi connectivity index (χ4v) is 2.63. The molecule has 2 atom stereocenters. The fraction of sp³-hybridized carbons (Fsp3) is 0.700. The summed E-state index contributed by atoms with van der Waals surface area (Å²) in [5.74, 6) is -1.72. The van der Waals surface area contributed by atoms with Crippen LogP contribution in [0.4, 0.5) is 0 Å². The van der Waals surface area contributed by atoms with Crippen molar-refractivity contribution < 1.29 is 19.1 Å². The zero-order chi connectivity index (χ0) is 11.8. The van der Waals surface area contributed by atoms with Crippen molar-refractivity contribution in [2.75, 3.05) is 0 Å². The number of carbonyl (C=O) groups excluding carboxylic acids is 3. The molecule has 0 N–H and O–H groups in total. The summed E-state index contributed by atoms with van der Waals surface area (Å²) in [6.45, 7) is 5.45. The van der Waals surface area contributed by atoms with Crippen molar-refractivity contribution in [3.63, 3.8) is 0 Å². The molecule has 84 valence electrons. The maximum absolute atomic E-state index is 11.8. The number of cyclic esters (lactones) is 1. The molecule has 1 aliphatic rings. The first kappa shape index (κ1) is 12.6. The quantitative estimate of drug-likeness (QED) is 0.252. The number of ketones is 2. The van der Waals surface area contributed by atoms with Crippen molar-refractivity contribution in [1.82, 2.24) is 0 Å². The van der Waals surface area contributed by atoms with Gasteiger partial charge in [-0.05, 0) is 19.3 Å². The summed E-state index contributed by atoms with van der Waals surface area (Å²) in [6.07, 6.45) is 0.449. The van der Waals surface area contributed by atoms with Crippen LogP contribution in [0.15, 0.2) is 0 Å². The number of rotatable bonds is 2. The van der Waals surface area contributed by atoms with Gasteiger partial charge in [0, 0.05) is 0 Å².